The van der Waals surface area contributed by atoms with Gasteiger partial charge in [0.1, 0.15) is 6.04 Å². The monoisotopic (exact) mass is 261 g/mol. The van der Waals surface area contributed by atoms with Crippen molar-refractivity contribution in [2.45, 2.75) is 32.7 Å². The molecule has 2 N–H and O–H groups in total. The Hall–Kier alpha value is -2.10. The highest BCUT2D eigenvalue weighted by atomic mass is 16.4. The van der Waals surface area contributed by atoms with Crippen LogP contribution >= 0.6 is 0 Å². The lowest BCUT2D eigenvalue weighted by Gasteiger charge is -2.11. The summed E-state index contributed by atoms with van der Waals surface area (Å²) in [5.41, 5.74) is 2.05. The molecule has 1 aromatic carbocycles. The zero-order valence-corrected chi connectivity index (χ0v) is 11.2. The molecule has 0 bridgehead atoms. The number of amides is 1. The zero-order chi connectivity index (χ0) is 14.3. The smallest absolute Gasteiger partial charge is 0.326 e. The number of rotatable bonds is 6. The highest BCUT2D eigenvalue weighted by Gasteiger charge is 2.17. The second-order valence-electron chi connectivity index (χ2n) is 4.43. The molecule has 0 fully saturated rings. The van der Waals surface area contributed by atoms with E-state index in [4.69, 9.17) is 5.11 Å². The van der Waals surface area contributed by atoms with Crippen LogP contribution in [0.5, 0.6) is 0 Å². The molecule has 1 rings (SSSR count). The molecule has 0 saturated carbocycles. The van der Waals surface area contributed by atoms with Crippen molar-refractivity contribution < 1.29 is 14.7 Å². The first-order chi connectivity index (χ1) is 9.02. The van der Waals surface area contributed by atoms with E-state index in [0.29, 0.717) is 12.8 Å². The van der Waals surface area contributed by atoms with E-state index in [2.05, 4.69) is 5.32 Å². The summed E-state index contributed by atoms with van der Waals surface area (Å²) in [7, 11) is 0. The van der Waals surface area contributed by atoms with E-state index >= 15 is 0 Å². The third-order valence-corrected chi connectivity index (χ3v) is 2.70. The quantitative estimate of drug-likeness (QED) is 0.773. The summed E-state index contributed by atoms with van der Waals surface area (Å²) >= 11 is 0. The Kier molecular flexibility index (Phi) is 5.79. The van der Waals surface area contributed by atoms with Crippen LogP contribution in [0.15, 0.2) is 30.3 Å². The molecule has 102 valence electrons. The van der Waals surface area contributed by atoms with Crippen LogP contribution in [0.4, 0.5) is 0 Å². The van der Waals surface area contributed by atoms with Crippen molar-refractivity contribution in [2.75, 3.05) is 0 Å². The minimum atomic E-state index is -1.00. The number of aliphatic carboxylic acids is 1. The van der Waals surface area contributed by atoms with Crippen molar-refractivity contribution in [2.24, 2.45) is 0 Å². The Morgan fingerprint density at radius 3 is 2.47 bits per heavy atom. The normalized spacial score (nSPS) is 12.3. The van der Waals surface area contributed by atoms with E-state index in [1.807, 2.05) is 38.1 Å². The molecular formula is C15H19NO3. The summed E-state index contributed by atoms with van der Waals surface area (Å²) in [6.07, 6.45) is 4.16. The van der Waals surface area contributed by atoms with Crippen LogP contribution in [-0.2, 0) is 9.59 Å². The van der Waals surface area contributed by atoms with Crippen molar-refractivity contribution in [3.05, 3.63) is 41.5 Å². The maximum absolute atomic E-state index is 11.6. The third-order valence-electron chi connectivity index (χ3n) is 2.70. The van der Waals surface area contributed by atoms with Crippen LogP contribution in [-0.4, -0.2) is 23.0 Å². The molecule has 0 spiro atoms. The van der Waals surface area contributed by atoms with Crippen LogP contribution < -0.4 is 5.32 Å². The van der Waals surface area contributed by atoms with Crippen LogP contribution in [0.3, 0.4) is 0 Å². The third kappa shape index (κ3) is 5.38. The first kappa shape index (κ1) is 15.0. The molecule has 0 heterocycles. The SMILES string of the molecule is CCC[C@H](NC(=O)/C=C/c1ccc(C)cc1)C(=O)O. The zero-order valence-electron chi connectivity index (χ0n) is 11.2. The lowest BCUT2D eigenvalue weighted by Crippen LogP contribution is -2.39. The molecule has 1 atom stereocenters. The van der Waals surface area contributed by atoms with Crippen LogP contribution in [0.25, 0.3) is 6.08 Å². The Bertz CT molecular complexity index is 463. The summed E-state index contributed by atoms with van der Waals surface area (Å²) in [5.74, 6) is -1.39. The number of nitrogens with one attached hydrogen (secondary N) is 1. The molecule has 4 heteroatoms. The van der Waals surface area contributed by atoms with E-state index in [1.54, 1.807) is 6.08 Å². The van der Waals surface area contributed by atoms with Crippen molar-refractivity contribution >= 4 is 18.0 Å². The van der Waals surface area contributed by atoms with Gasteiger partial charge in [-0.3, -0.25) is 4.79 Å². The van der Waals surface area contributed by atoms with Gasteiger partial charge in [-0.15, -0.1) is 0 Å². The fourth-order valence-electron chi connectivity index (χ4n) is 1.62. The summed E-state index contributed by atoms with van der Waals surface area (Å²) < 4.78 is 0. The molecule has 0 aliphatic rings. The van der Waals surface area contributed by atoms with E-state index in [9.17, 15) is 9.59 Å². The molecule has 0 aromatic heterocycles. The molecule has 1 aromatic rings. The molecule has 19 heavy (non-hydrogen) atoms. The minimum absolute atomic E-state index is 0.388. The van der Waals surface area contributed by atoms with E-state index in [-0.39, 0.29) is 5.91 Å². The Labute approximate surface area is 113 Å². The average Bonchev–Trinajstić information content (AvgIpc) is 2.37. The van der Waals surface area contributed by atoms with E-state index in [1.165, 1.54) is 6.08 Å². The van der Waals surface area contributed by atoms with Crippen molar-refractivity contribution in [3.8, 4) is 0 Å². The highest BCUT2D eigenvalue weighted by Crippen LogP contribution is 2.05. The Morgan fingerprint density at radius 2 is 1.95 bits per heavy atom. The number of hydrogen-bond acceptors (Lipinski definition) is 2. The van der Waals surface area contributed by atoms with Gasteiger partial charge in [-0.25, -0.2) is 4.79 Å². The minimum Gasteiger partial charge on any atom is -0.480 e. The number of carbonyl (C=O) groups is 2. The lowest BCUT2D eigenvalue weighted by atomic mass is 10.1. The molecule has 1 amide bonds. The van der Waals surface area contributed by atoms with Crippen LogP contribution in [0.1, 0.15) is 30.9 Å². The maximum atomic E-state index is 11.6. The number of carboxylic acid groups (broad SMARTS) is 1. The van der Waals surface area contributed by atoms with Crippen LogP contribution in [0.2, 0.25) is 0 Å². The Morgan fingerprint density at radius 1 is 1.32 bits per heavy atom. The highest BCUT2D eigenvalue weighted by molar-refractivity contribution is 5.94. The second-order valence-corrected chi connectivity index (χ2v) is 4.43. The molecule has 0 aliphatic heterocycles. The first-order valence-corrected chi connectivity index (χ1v) is 6.31. The largest absolute Gasteiger partial charge is 0.480 e. The molecule has 0 unspecified atom stereocenters. The molecular weight excluding hydrogens is 242 g/mol. The Balaban J connectivity index is 2.58. The molecule has 0 aliphatic carbocycles. The first-order valence-electron chi connectivity index (χ1n) is 6.31. The van der Waals surface area contributed by atoms with Crippen molar-refractivity contribution in [1.82, 2.24) is 5.32 Å². The van der Waals surface area contributed by atoms with Gasteiger partial charge in [-0.2, -0.15) is 0 Å². The van der Waals surface area contributed by atoms with Gasteiger partial charge in [0.05, 0.1) is 0 Å². The van der Waals surface area contributed by atoms with Crippen molar-refractivity contribution in [3.63, 3.8) is 0 Å². The average molecular weight is 261 g/mol. The molecule has 0 saturated heterocycles. The van der Waals surface area contributed by atoms with Gasteiger partial charge in [0, 0.05) is 6.08 Å². The van der Waals surface area contributed by atoms with Gasteiger partial charge < -0.3 is 10.4 Å². The van der Waals surface area contributed by atoms with Gasteiger partial charge in [0.15, 0.2) is 0 Å². The molecule has 0 radical (unpaired) electrons. The lowest BCUT2D eigenvalue weighted by molar-refractivity contribution is -0.141. The summed E-state index contributed by atoms with van der Waals surface area (Å²) in [5, 5.41) is 11.4. The fraction of sp³-hybridized carbons (Fsp3) is 0.333. The van der Waals surface area contributed by atoms with Gasteiger partial charge >= 0.3 is 5.97 Å². The standard InChI is InChI=1S/C15H19NO3/c1-3-4-13(15(18)19)16-14(17)10-9-12-7-5-11(2)6-8-12/h5-10,13H,3-4H2,1-2H3,(H,16,17)(H,18,19)/b10-9+/t13-/m0/s1. The van der Waals surface area contributed by atoms with Crippen LogP contribution in [0, 0.1) is 6.92 Å². The predicted molar refractivity (Wildman–Crippen MR) is 74.7 cm³/mol. The van der Waals surface area contributed by atoms with Gasteiger partial charge in [0.25, 0.3) is 0 Å². The number of carboxylic acids is 1. The van der Waals surface area contributed by atoms with Gasteiger partial charge in [0.2, 0.25) is 5.91 Å². The summed E-state index contributed by atoms with van der Waals surface area (Å²) in [6, 6.07) is 6.89. The van der Waals surface area contributed by atoms with Gasteiger partial charge in [-0.1, -0.05) is 43.2 Å². The second kappa shape index (κ2) is 7.36. The van der Waals surface area contributed by atoms with Crippen molar-refractivity contribution in [1.29, 1.82) is 0 Å². The van der Waals surface area contributed by atoms with Gasteiger partial charge in [-0.05, 0) is 25.0 Å². The predicted octanol–water partition coefficient (Wildman–Crippen LogP) is 2.38. The molecule has 4 nitrogen and oxygen atoms in total. The number of benzene rings is 1. The topological polar surface area (TPSA) is 66.4 Å². The fourth-order valence-corrected chi connectivity index (χ4v) is 1.62. The summed E-state index contributed by atoms with van der Waals surface area (Å²) in [4.78, 5) is 22.5. The number of hydrogen-bond donors (Lipinski definition) is 2. The summed E-state index contributed by atoms with van der Waals surface area (Å²) in [6.45, 7) is 3.87. The number of aryl methyl sites for hydroxylation is 1. The number of carbonyl (C=O) groups excluding carboxylic acids is 1. The maximum Gasteiger partial charge on any atom is 0.326 e. The van der Waals surface area contributed by atoms with E-state index in [0.717, 1.165) is 11.1 Å². The van der Waals surface area contributed by atoms with E-state index < -0.39 is 12.0 Å².